The normalized spacial score (nSPS) is 16.5. The zero-order valence-corrected chi connectivity index (χ0v) is 10.6. The van der Waals surface area contributed by atoms with Crippen molar-refractivity contribution in [3.8, 4) is 5.75 Å². The van der Waals surface area contributed by atoms with E-state index in [1.807, 2.05) is 30.3 Å². The number of benzene rings is 2. The molecule has 0 aliphatic carbocycles. The first-order valence-electron chi connectivity index (χ1n) is 6.45. The van der Waals surface area contributed by atoms with E-state index in [1.54, 1.807) is 18.2 Å². The summed E-state index contributed by atoms with van der Waals surface area (Å²) in [6.45, 7) is 0.513. The van der Waals surface area contributed by atoms with Gasteiger partial charge in [-0.3, -0.25) is 0 Å². The molecule has 1 aliphatic heterocycles. The lowest BCUT2D eigenvalue weighted by Crippen LogP contribution is -2.32. The first kappa shape index (κ1) is 12.2. The lowest BCUT2D eigenvalue weighted by atomic mass is 9.86. The second kappa shape index (κ2) is 4.67. The van der Waals surface area contributed by atoms with Crippen LogP contribution >= 0.6 is 0 Å². The quantitative estimate of drug-likeness (QED) is 0.917. The monoisotopic (exact) mass is 257 g/mol. The first-order chi connectivity index (χ1) is 9.25. The van der Waals surface area contributed by atoms with Gasteiger partial charge in [0.05, 0.1) is 6.61 Å². The molecule has 1 heterocycles. The van der Waals surface area contributed by atoms with Crippen LogP contribution in [0.1, 0.15) is 16.7 Å². The fraction of sp³-hybridized carbons (Fsp3) is 0.250. The van der Waals surface area contributed by atoms with Crippen molar-refractivity contribution in [2.45, 2.75) is 12.1 Å². The Kier molecular flexibility index (Phi) is 2.99. The van der Waals surface area contributed by atoms with Crippen molar-refractivity contribution in [2.75, 3.05) is 13.2 Å². The molecule has 0 saturated heterocycles. The van der Waals surface area contributed by atoms with Gasteiger partial charge < -0.3 is 10.5 Å². The minimum absolute atomic E-state index is 0.100. The van der Waals surface area contributed by atoms with E-state index in [2.05, 4.69) is 0 Å². The Hall–Kier alpha value is -1.87. The highest BCUT2D eigenvalue weighted by atomic mass is 19.1. The second-order valence-electron chi connectivity index (χ2n) is 4.76. The van der Waals surface area contributed by atoms with Crippen LogP contribution in [-0.2, 0) is 12.1 Å². The lowest BCUT2D eigenvalue weighted by Gasteiger charge is -2.26. The fourth-order valence-corrected chi connectivity index (χ4v) is 2.61. The van der Waals surface area contributed by atoms with Crippen LogP contribution in [0.5, 0.6) is 5.75 Å². The van der Waals surface area contributed by atoms with Gasteiger partial charge in [0.1, 0.15) is 5.75 Å². The van der Waals surface area contributed by atoms with Gasteiger partial charge >= 0.3 is 0 Å². The number of hydrogen-bond donors (Lipinski definition) is 1. The highest BCUT2D eigenvalue weighted by molar-refractivity contribution is 5.51. The predicted molar refractivity (Wildman–Crippen MR) is 73.0 cm³/mol. The maximum absolute atomic E-state index is 15.4. The maximum Gasteiger partial charge on any atom is 0.176 e. The third-order valence-corrected chi connectivity index (χ3v) is 3.65. The van der Waals surface area contributed by atoms with Gasteiger partial charge in [-0.15, -0.1) is 0 Å². The summed E-state index contributed by atoms with van der Waals surface area (Å²) in [4.78, 5) is 0. The van der Waals surface area contributed by atoms with Crippen molar-refractivity contribution >= 4 is 0 Å². The van der Waals surface area contributed by atoms with Crippen molar-refractivity contribution in [3.05, 3.63) is 65.2 Å². The molecule has 0 radical (unpaired) electrons. The number of rotatable bonds is 3. The molecule has 2 aromatic carbocycles. The van der Waals surface area contributed by atoms with Gasteiger partial charge in [0.25, 0.3) is 0 Å². The van der Waals surface area contributed by atoms with Crippen molar-refractivity contribution in [3.63, 3.8) is 0 Å². The average molecular weight is 257 g/mol. The third-order valence-electron chi connectivity index (χ3n) is 3.65. The summed E-state index contributed by atoms with van der Waals surface area (Å²) in [5.74, 6) is 0.666. The van der Waals surface area contributed by atoms with Gasteiger partial charge in [-0.05, 0) is 11.1 Å². The van der Waals surface area contributed by atoms with E-state index >= 15 is 4.39 Å². The van der Waals surface area contributed by atoms with Gasteiger partial charge in [-0.1, -0.05) is 48.5 Å². The summed E-state index contributed by atoms with van der Waals surface area (Å²) in [6.07, 6.45) is 0.832. The van der Waals surface area contributed by atoms with Crippen LogP contribution in [0.2, 0.25) is 0 Å². The molecule has 0 fully saturated rings. The second-order valence-corrected chi connectivity index (χ2v) is 4.76. The van der Waals surface area contributed by atoms with Crippen LogP contribution in [-0.4, -0.2) is 13.2 Å². The molecule has 3 rings (SSSR count). The lowest BCUT2D eigenvalue weighted by molar-refractivity contribution is 0.222. The molecule has 2 aromatic rings. The van der Waals surface area contributed by atoms with E-state index in [9.17, 15) is 0 Å². The number of nitrogens with two attached hydrogens (primary N) is 1. The summed E-state index contributed by atoms with van der Waals surface area (Å²) >= 11 is 0. The van der Waals surface area contributed by atoms with Crippen LogP contribution < -0.4 is 10.5 Å². The standard InChI is InChI=1S/C16H16FNO/c17-16(11-18,13-6-2-1-3-7-13)14-8-4-5-12-9-10-19-15(12)14/h1-8H,9-11,18H2. The number of alkyl halides is 1. The Morgan fingerprint density at radius 1 is 1.11 bits per heavy atom. The van der Waals surface area contributed by atoms with E-state index in [4.69, 9.17) is 10.5 Å². The molecule has 0 amide bonds. The predicted octanol–water partition coefficient (Wildman–Crippen LogP) is 2.79. The number of halogens is 1. The molecule has 3 heteroatoms. The Labute approximate surface area is 112 Å². The third kappa shape index (κ3) is 1.90. The van der Waals surface area contributed by atoms with Crippen LogP contribution in [0, 0.1) is 0 Å². The molecule has 0 saturated carbocycles. The highest BCUT2D eigenvalue weighted by Gasteiger charge is 2.37. The summed E-state index contributed by atoms with van der Waals surface area (Å²) in [6, 6.07) is 14.7. The van der Waals surface area contributed by atoms with Gasteiger partial charge in [0.2, 0.25) is 0 Å². The number of fused-ring (bicyclic) bond motifs is 1. The first-order valence-corrected chi connectivity index (χ1v) is 6.45. The summed E-state index contributed by atoms with van der Waals surface area (Å²) in [7, 11) is 0. The van der Waals surface area contributed by atoms with E-state index in [0.717, 1.165) is 12.0 Å². The molecular formula is C16H16FNO. The minimum Gasteiger partial charge on any atom is -0.493 e. The Balaban J connectivity index is 2.16. The molecule has 1 aliphatic rings. The largest absolute Gasteiger partial charge is 0.493 e. The van der Waals surface area contributed by atoms with Gasteiger partial charge in [0, 0.05) is 18.5 Å². The topological polar surface area (TPSA) is 35.2 Å². The van der Waals surface area contributed by atoms with E-state index in [-0.39, 0.29) is 6.54 Å². The zero-order valence-electron chi connectivity index (χ0n) is 10.6. The Morgan fingerprint density at radius 2 is 1.89 bits per heavy atom. The van der Waals surface area contributed by atoms with Crippen molar-refractivity contribution < 1.29 is 9.13 Å². The molecule has 1 atom stereocenters. The Morgan fingerprint density at radius 3 is 2.63 bits per heavy atom. The number of hydrogen-bond acceptors (Lipinski definition) is 2. The maximum atomic E-state index is 15.4. The van der Waals surface area contributed by atoms with Crippen molar-refractivity contribution in [2.24, 2.45) is 5.73 Å². The number of para-hydroxylation sites is 1. The zero-order chi connectivity index (χ0) is 13.3. The molecule has 2 N–H and O–H groups in total. The van der Waals surface area contributed by atoms with E-state index < -0.39 is 5.67 Å². The molecule has 0 aromatic heterocycles. The smallest absolute Gasteiger partial charge is 0.176 e. The Bertz CT molecular complexity index is 585. The van der Waals surface area contributed by atoms with Gasteiger partial charge in [-0.25, -0.2) is 4.39 Å². The summed E-state index contributed by atoms with van der Waals surface area (Å²) in [5.41, 5.74) is 6.21. The SMILES string of the molecule is NCC(F)(c1ccccc1)c1cccc2c1OCC2. The van der Waals surface area contributed by atoms with Crippen LogP contribution in [0.3, 0.4) is 0 Å². The minimum atomic E-state index is -1.70. The van der Waals surface area contributed by atoms with E-state index in [1.165, 1.54) is 0 Å². The molecule has 0 bridgehead atoms. The number of ether oxygens (including phenoxy) is 1. The van der Waals surface area contributed by atoms with Crippen molar-refractivity contribution in [1.29, 1.82) is 0 Å². The average Bonchev–Trinajstić information content (AvgIpc) is 2.95. The van der Waals surface area contributed by atoms with Gasteiger partial charge in [0.15, 0.2) is 5.67 Å². The molecule has 2 nitrogen and oxygen atoms in total. The van der Waals surface area contributed by atoms with Gasteiger partial charge in [-0.2, -0.15) is 0 Å². The molecular weight excluding hydrogens is 241 g/mol. The molecule has 19 heavy (non-hydrogen) atoms. The molecule has 98 valence electrons. The fourth-order valence-electron chi connectivity index (χ4n) is 2.61. The van der Waals surface area contributed by atoms with Crippen LogP contribution in [0.4, 0.5) is 4.39 Å². The van der Waals surface area contributed by atoms with Crippen LogP contribution in [0.15, 0.2) is 48.5 Å². The van der Waals surface area contributed by atoms with Crippen LogP contribution in [0.25, 0.3) is 0 Å². The van der Waals surface area contributed by atoms with E-state index in [0.29, 0.717) is 23.5 Å². The van der Waals surface area contributed by atoms with Crippen molar-refractivity contribution in [1.82, 2.24) is 0 Å². The molecule has 0 spiro atoms. The summed E-state index contributed by atoms with van der Waals surface area (Å²) < 4.78 is 21.0. The summed E-state index contributed by atoms with van der Waals surface area (Å²) in [5, 5.41) is 0. The molecule has 1 unspecified atom stereocenters. The highest BCUT2D eigenvalue weighted by Crippen LogP contribution is 2.41.